The molecule has 7 aromatic rings. The van der Waals surface area contributed by atoms with Crippen molar-refractivity contribution in [2.75, 3.05) is 0 Å². The molecule has 52 heavy (non-hydrogen) atoms. The Labute approximate surface area is 305 Å². The van der Waals surface area contributed by atoms with Crippen molar-refractivity contribution >= 4 is 33.5 Å². The Morgan fingerprint density at radius 1 is 0.635 bits per heavy atom. The van der Waals surface area contributed by atoms with Crippen molar-refractivity contribution in [3.63, 3.8) is 0 Å². The molecule has 2 heterocycles. The van der Waals surface area contributed by atoms with Crippen LogP contribution in [0.1, 0.15) is 78.8 Å². The standard InChI is InChI=1S/C49H40N2O/c1-49(2)41-20-10-8-19-40(41)47-42(49)28-26-31-23-24-33(36-16-6-7-18-39(36)46(31)47)29-35-15-12-21-43(51-48(50-35)32-13-4-3-5-14-32)34-25-27-38-37-17-9-11-22-44(37)52-45(38)30-34/h3-11,13-20,22,25-28,30,33H,12,21,23-24,29H2,1-2H3/b35-15-,50-48-,51-43-. The molecule has 2 aliphatic carbocycles. The Kier molecular flexibility index (Phi) is 7.25. The minimum atomic E-state index is -0.0228. The van der Waals surface area contributed by atoms with Gasteiger partial charge < -0.3 is 4.42 Å². The number of aliphatic imine (C=N–C) groups is 2. The number of para-hydroxylation sites is 1. The van der Waals surface area contributed by atoms with Crippen molar-refractivity contribution in [1.82, 2.24) is 0 Å². The van der Waals surface area contributed by atoms with Crippen LogP contribution < -0.4 is 0 Å². The van der Waals surface area contributed by atoms with E-state index < -0.39 is 0 Å². The maximum absolute atomic E-state index is 6.27. The minimum absolute atomic E-state index is 0.0228. The van der Waals surface area contributed by atoms with Gasteiger partial charge >= 0.3 is 0 Å². The second-order valence-corrected chi connectivity index (χ2v) is 15.1. The molecular weight excluding hydrogens is 633 g/mol. The van der Waals surface area contributed by atoms with E-state index in [0.29, 0.717) is 5.92 Å². The second kappa shape index (κ2) is 12.2. The quantitative estimate of drug-likeness (QED) is 0.183. The number of amidine groups is 1. The van der Waals surface area contributed by atoms with E-state index in [1.807, 2.05) is 12.1 Å². The molecule has 252 valence electrons. The summed E-state index contributed by atoms with van der Waals surface area (Å²) >= 11 is 0. The van der Waals surface area contributed by atoms with Crippen molar-refractivity contribution in [3.8, 4) is 22.3 Å². The van der Waals surface area contributed by atoms with E-state index >= 15 is 0 Å². The van der Waals surface area contributed by atoms with Crippen molar-refractivity contribution in [3.05, 3.63) is 179 Å². The van der Waals surface area contributed by atoms with Crippen LogP contribution in [-0.4, -0.2) is 11.5 Å². The van der Waals surface area contributed by atoms with E-state index in [0.717, 1.165) is 82.4 Å². The fraction of sp³-hybridized carbons (Fsp3) is 0.184. The Morgan fingerprint density at radius 3 is 2.31 bits per heavy atom. The van der Waals surface area contributed by atoms with Gasteiger partial charge in [-0.1, -0.05) is 135 Å². The second-order valence-electron chi connectivity index (χ2n) is 15.1. The average Bonchev–Trinajstić information content (AvgIpc) is 3.59. The van der Waals surface area contributed by atoms with Gasteiger partial charge in [0.1, 0.15) is 11.2 Å². The Hall–Kier alpha value is -5.80. The summed E-state index contributed by atoms with van der Waals surface area (Å²) in [5.41, 5.74) is 17.4. The number of hydrogen-bond acceptors (Lipinski definition) is 3. The lowest BCUT2D eigenvalue weighted by atomic mass is 9.81. The summed E-state index contributed by atoms with van der Waals surface area (Å²) in [4.78, 5) is 10.7. The van der Waals surface area contributed by atoms with Crippen LogP contribution in [-0.2, 0) is 11.8 Å². The molecule has 0 amide bonds. The zero-order valence-electron chi connectivity index (χ0n) is 29.7. The highest BCUT2D eigenvalue weighted by molar-refractivity contribution is 6.15. The molecule has 1 unspecified atom stereocenters. The molecule has 10 rings (SSSR count). The molecule has 0 N–H and O–H groups in total. The molecular formula is C49H40N2O. The first-order valence-electron chi connectivity index (χ1n) is 18.7. The number of nitrogens with zero attached hydrogens (tertiary/aromatic N) is 2. The summed E-state index contributed by atoms with van der Waals surface area (Å²) in [7, 11) is 0. The molecule has 3 nitrogen and oxygen atoms in total. The zero-order chi connectivity index (χ0) is 34.8. The Balaban J connectivity index is 1.04. The highest BCUT2D eigenvalue weighted by Gasteiger charge is 2.38. The number of benzene rings is 6. The van der Waals surface area contributed by atoms with E-state index in [9.17, 15) is 0 Å². The molecule has 1 aromatic heterocycles. The lowest BCUT2D eigenvalue weighted by Gasteiger charge is -2.23. The molecule has 3 heteroatoms. The monoisotopic (exact) mass is 672 g/mol. The number of rotatable bonds is 4. The highest BCUT2D eigenvalue weighted by atomic mass is 16.3. The molecule has 0 bridgehead atoms. The summed E-state index contributed by atoms with van der Waals surface area (Å²) in [5.74, 6) is 1.11. The smallest absolute Gasteiger partial charge is 0.159 e. The third-order valence-electron chi connectivity index (χ3n) is 11.7. The van der Waals surface area contributed by atoms with Gasteiger partial charge in [-0.2, -0.15) is 0 Å². The first kappa shape index (κ1) is 31.0. The van der Waals surface area contributed by atoms with Crippen LogP contribution in [0.4, 0.5) is 0 Å². The van der Waals surface area contributed by atoms with E-state index in [-0.39, 0.29) is 5.41 Å². The zero-order valence-corrected chi connectivity index (χ0v) is 29.7. The third-order valence-corrected chi connectivity index (χ3v) is 11.7. The first-order valence-corrected chi connectivity index (χ1v) is 18.7. The number of hydrogen-bond donors (Lipinski definition) is 0. The van der Waals surface area contributed by atoms with E-state index in [1.165, 1.54) is 44.5 Å². The number of allylic oxidation sites excluding steroid dienone is 2. The summed E-state index contributed by atoms with van der Waals surface area (Å²) < 4.78 is 6.27. The SMILES string of the molecule is CC1(C)c2ccccc2-c2c1ccc1c2-c2ccccc2C(CC2=C/CC/C(c3ccc4c(c3)oc3ccccc34)=N/C(c3ccccc3)=N\2)CC1. The van der Waals surface area contributed by atoms with Crippen LogP contribution in [0, 0.1) is 0 Å². The lowest BCUT2D eigenvalue weighted by molar-refractivity contribution is 0.620. The molecule has 3 aliphatic rings. The van der Waals surface area contributed by atoms with Crippen LogP contribution >= 0.6 is 0 Å². The molecule has 1 atom stereocenters. The molecule has 0 fully saturated rings. The maximum Gasteiger partial charge on any atom is 0.159 e. The van der Waals surface area contributed by atoms with Gasteiger partial charge in [-0.3, -0.25) is 0 Å². The largest absolute Gasteiger partial charge is 0.456 e. The molecule has 6 aromatic carbocycles. The van der Waals surface area contributed by atoms with Crippen LogP contribution in [0.25, 0.3) is 44.2 Å². The molecule has 0 saturated carbocycles. The van der Waals surface area contributed by atoms with Gasteiger partial charge in [0.25, 0.3) is 0 Å². The van der Waals surface area contributed by atoms with E-state index in [4.69, 9.17) is 14.4 Å². The Bertz CT molecular complexity index is 2630. The molecule has 0 saturated heterocycles. The average molecular weight is 673 g/mol. The van der Waals surface area contributed by atoms with Crippen LogP contribution in [0.5, 0.6) is 0 Å². The lowest BCUT2D eigenvalue weighted by Crippen LogP contribution is -2.15. The van der Waals surface area contributed by atoms with E-state index in [2.05, 4.69) is 141 Å². The highest BCUT2D eigenvalue weighted by Crippen LogP contribution is 2.55. The van der Waals surface area contributed by atoms with Crippen molar-refractivity contribution in [1.29, 1.82) is 0 Å². The summed E-state index contributed by atoms with van der Waals surface area (Å²) in [6.45, 7) is 4.76. The van der Waals surface area contributed by atoms with Gasteiger partial charge in [0.2, 0.25) is 0 Å². The Morgan fingerprint density at radius 2 is 1.40 bits per heavy atom. The first-order chi connectivity index (χ1) is 25.5. The molecule has 0 radical (unpaired) electrons. The molecule has 0 spiro atoms. The number of furan rings is 1. The van der Waals surface area contributed by atoms with Gasteiger partial charge in [-0.05, 0) is 106 Å². The summed E-state index contributed by atoms with van der Waals surface area (Å²) in [6.07, 6.45) is 7.07. The predicted octanol–water partition coefficient (Wildman–Crippen LogP) is 12.6. The van der Waals surface area contributed by atoms with Crippen LogP contribution in [0.3, 0.4) is 0 Å². The van der Waals surface area contributed by atoms with Gasteiger partial charge in [-0.15, -0.1) is 0 Å². The maximum atomic E-state index is 6.27. The van der Waals surface area contributed by atoms with Crippen molar-refractivity contribution in [2.24, 2.45) is 9.98 Å². The van der Waals surface area contributed by atoms with Gasteiger partial charge in [0.15, 0.2) is 5.84 Å². The number of fused-ring (bicyclic) bond motifs is 10. The van der Waals surface area contributed by atoms with Gasteiger partial charge in [0, 0.05) is 27.4 Å². The molecule has 1 aliphatic heterocycles. The van der Waals surface area contributed by atoms with Crippen LogP contribution in [0.15, 0.2) is 160 Å². The fourth-order valence-electron chi connectivity index (χ4n) is 9.11. The van der Waals surface area contributed by atoms with Crippen molar-refractivity contribution in [2.45, 2.75) is 57.3 Å². The topological polar surface area (TPSA) is 37.9 Å². The van der Waals surface area contributed by atoms with E-state index in [1.54, 1.807) is 0 Å². The third kappa shape index (κ3) is 5.02. The number of aryl methyl sites for hydroxylation is 1. The van der Waals surface area contributed by atoms with Crippen molar-refractivity contribution < 1.29 is 4.42 Å². The summed E-state index contributed by atoms with van der Waals surface area (Å²) in [6, 6.07) is 48.3. The van der Waals surface area contributed by atoms with Gasteiger partial charge in [-0.25, -0.2) is 9.98 Å². The van der Waals surface area contributed by atoms with Gasteiger partial charge in [0.05, 0.1) is 5.71 Å². The normalized spacial score (nSPS) is 20.5. The fourth-order valence-corrected chi connectivity index (χ4v) is 9.11. The minimum Gasteiger partial charge on any atom is -0.456 e. The summed E-state index contributed by atoms with van der Waals surface area (Å²) in [5, 5.41) is 2.28. The predicted molar refractivity (Wildman–Crippen MR) is 216 cm³/mol. The van der Waals surface area contributed by atoms with Crippen LogP contribution in [0.2, 0.25) is 0 Å².